The normalized spacial score (nSPS) is 25.7. The largest absolute Gasteiger partial charge is 0.367 e. The third-order valence-electron chi connectivity index (χ3n) is 2.80. The minimum absolute atomic E-state index is 0.0977. The van der Waals surface area contributed by atoms with Gasteiger partial charge in [0.25, 0.3) is 0 Å². The molecule has 1 saturated heterocycles. The number of aryl methyl sites for hydroxylation is 1. The molecule has 1 aliphatic rings. The Balaban J connectivity index is 2.03. The van der Waals surface area contributed by atoms with Crippen LogP contribution in [-0.4, -0.2) is 33.0 Å². The van der Waals surface area contributed by atoms with Gasteiger partial charge in [-0.05, 0) is 19.8 Å². The first-order valence-corrected chi connectivity index (χ1v) is 5.13. The van der Waals surface area contributed by atoms with Crippen LogP contribution in [-0.2, 0) is 23.0 Å². The van der Waals surface area contributed by atoms with Gasteiger partial charge in [-0.3, -0.25) is 9.48 Å². The van der Waals surface area contributed by atoms with E-state index in [1.165, 1.54) is 0 Å². The zero-order valence-electron chi connectivity index (χ0n) is 9.06. The molecule has 82 valence electrons. The molecular formula is C10H15N3O2. The van der Waals surface area contributed by atoms with E-state index in [-0.39, 0.29) is 5.78 Å². The monoisotopic (exact) mass is 209 g/mol. The summed E-state index contributed by atoms with van der Waals surface area (Å²) in [5.74, 6) is 0.0977. The second-order valence-corrected chi connectivity index (χ2v) is 4.17. The van der Waals surface area contributed by atoms with Crippen LogP contribution in [0.15, 0.2) is 6.20 Å². The van der Waals surface area contributed by atoms with Crippen molar-refractivity contribution in [1.82, 2.24) is 15.0 Å². The van der Waals surface area contributed by atoms with Gasteiger partial charge in [0.2, 0.25) is 0 Å². The summed E-state index contributed by atoms with van der Waals surface area (Å²) in [4.78, 5) is 11.9. The molecule has 15 heavy (non-hydrogen) atoms. The van der Waals surface area contributed by atoms with Gasteiger partial charge in [-0.25, -0.2) is 0 Å². The number of hydrogen-bond acceptors (Lipinski definition) is 4. The van der Waals surface area contributed by atoms with Gasteiger partial charge in [0.15, 0.2) is 5.78 Å². The molecule has 0 aromatic carbocycles. The van der Waals surface area contributed by atoms with Crippen LogP contribution in [0.4, 0.5) is 0 Å². The SMILES string of the molecule is Cn1cc(CC(=O)C2(C)CCCO2)nn1. The van der Waals surface area contributed by atoms with E-state index in [2.05, 4.69) is 10.3 Å². The van der Waals surface area contributed by atoms with Gasteiger partial charge in [0.1, 0.15) is 5.60 Å². The van der Waals surface area contributed by atoms with Crippen molar-refractivity contribution in [3.63, 3.8) is 0 Å². The summed E-state index contributed by atoms with van der Waals surface area (Å²) in [6, 6.07) is 0. The zero-order valence-corrected chi connectivity index (χ0v) is 9.06. The summed E-state index contributed by atoms with van der Waals surface area (Å²) in [5.41, 5.74) is 0.108. The number of rotatable bonds is 3. The van der Waals surface area contributed by atoms with E-state index >= 15 is 0 Å². The predicted molar refractivity (Wildman–Crippen MR) is 53.3 cm³/mol. The fourth-order valence-corrected chi connectivity index (χ4v) is 1.83. The highest BCUT2D eigenvalue weighted by atomic mass is 16.5. The molecule has 5 heteroatoms. The number of Topliss-reactive ketones (excluding diaryl/α,β-unsaturated/α-hetero) is 1. The summed E-state index contributed by atoms with van der Waals surface area (Å²) < 4.78 is 7.07. The lowest BCUT2D eigenvalue weighted by Crippen LogP contribution is -2.35. The first kappa shape index (κ1) is 10.3. The zero-order chi connectivity index (χ0) is 10.9. The van der Waals surface area contributed by atoms with Gasteiger partial charge in [-0.2, -0.15) is 0 Å². The van der Waals surface area contributed by atoms with Crippen LogP contribution in [0.3, 0.4) is 0 Å². The molecule has 0 radical (unpaired) electrons. The maximum absolute atomic E-state index is 11.9. The van der Waals surface area contributed by atoms with Crippen LogP contribution in [0.25, 0.3) is 0 Å². The van der Waals surface area contributed by atoms with Crippen molar-refractivity contribution >= 4 is 5.78 Å². The molecule has 5 nitrogen and oxygen atoms in total. The fourth-order valence-electron chi connectivity index (χ4n) is 1.83. The molecule has 0 bridgehead atoms. The van der Waals surface area contributed by atoms with Crippen LogP contribution < -0.4 is 0 Å². The summed E-state index contributed by atoms with van der Waals surface area (Å²) in [5, 5.41) is 7.69. The second kappa shape index (κ2) is 3.73. The summed E-state index contributed by atoms with van der Waals surface area (Å²) in [7, 11) is 1.79. The molecule has 0 N–H and O–H groups in total. The van der Waals surface area contributed by atoms with Crippen molar-refractivity contribution in [2.24, 2.45) is 7.05 Å². The van der Waals surface area contributed by atoms with E-state index in [0.717, 1.165) is 12.8 Å². The topological polar surface area (TPSA) is 57.0 Å². The van der Waals surface area contributed by atoms with Gasteiger partial charge >= 0.3 is 0 Å². The van der Waals surface area contributed by atoms with Crippen molar-refractivity contribution in [2.75, 3.05) is 6.61 Å². The number of carbonyl (C=O) groups excluding carboxylic acids is 1. The van der Waals surface area contributed by atoms with Gasteiger partial charge in [0, 0.05) is 19.9 Å². The summed E-state index contributed by atoms with van der Waals surface area (Å²) in [6.07, 6.45) is 3.84. The van der Waals surface area contributed by atoms with Crippen molar-refractivity contribution in [3.05, 3.63) is 11.9 Å². The van der Waals surface area contributed by atoms with E-state index in [0.29, 0.717) is 18.7 Å². The van der Waals surface area contributed by atoms with Crippen molar-refractivity contribution in [1.29, 1.82) is 0 Å². The number of hydrogen-bond donors (Lipinski definition) is 0. The van der Waals surface area contributed by atoms with Crippen molar-refractivity contribution < 1.29 is 9.53 Å². The molecule has 1 aromatic heterocycles. The lowest BCUT2D eigenvalue weighted by Gasteiger charge is -2.20. The third kappa shape index (κ3) is 2.07. The minimum Gasteiger partial charge on any atom is -0.367 e. The maximum atomic E-state index is 11.9. The van der Waals surface area contributed by atoms with E-state index < -0.39 is 5.60 Å². The van der Waals surface area contributed by atoms with Gasteiger partial charge in [-0.15, -0.1) is 5.10 Å². The van der Waals surface area contributed by atoms with Crippen LogP contribution in [0.5, 0.6) is 0 Å². The third-order valence-corrected chi connectivity index (χ3v) is 2.80. The number of ether oxygens (including phenoxy) is 1. The van der Waals surface area contributed by atoms with E-state index in [9.17, 15) is 4.79 Å². The molecule has 0 aliphatic carbocycles. The van der Waals surface area contributed by atoms with Crippen molar-refractivity contribution in [3.8, 4) is 0 Å². The Bertz CT molecular complexity index is 366. The van der Waals surface area contributed by atoms with Crippen molar-refractivity contribution in [2.45, 2.75) is 31.8 Å². The highest BCUT2D eigenvalue weighted by molar-refractivity contribution is 5.88. The van der Waals surface area contributed by atoms with Gasteiger partial charge < -0.3 is 4.74 Å². The summed E-state index contributed by atoms with van der Waals surface area (Å²) in [6.45, 7) is 2.54. The van der Waals surface area contributed by atoms with Crippen LogP contribution in [0, 0.1) is 0 Å². The number of ketones is 1. The smallest absolute Gasteiger partial charge is 0.170 e. The van der Waals surface area contributed by atoms with E-state index in [1.807, 2.05) is 6.92 Å². The van der Waals surface area contributed by atoms with Crippen LogP contribution in [0.1, 0.15) is 25.5 Å². The molecule has 1 fully saturated rings. The highest BCUT2D eigenvalue weighted by Gasteiger charge is 2.37. The van der Waals surface area contributed by atoms with E-state index in [4.69, 9.17) is 4.74 Å². The lowest BCUT2D eigenvalue weighted by molar-refractivity contribution is -0.136. The number of nitrogens with zero attached hydrogens (tertiary/aromatic N) is 3. The average Bonchev–Trinajstić information content (AvgIpc) is 2.76. The Hall–Kier alpha value is -1.23. The quantitative estimate of drug-likeness (QED) is 0.727. The Morgan fingerprint density at radius 2 is 2.53 bits per heavy atom. The standard InChI is InChI=1S/C10H15N3O2/c1-10(4-3-5-15-10)9(14)6-8-7-13(2)12-11-8/h7H,3-6H2,1-2H3. The molecule has 0 saturated carbocycles. The van der Waals surface area contributed by atoms with E-state index in [1.54, 1.807) is 17.9 Å². The Labute approximate surface area is 88.4 Å². The highest BCUT2D eigenvalue weighted by Crippen LogP contribution is 2.26. The molecule has 0 amide bonds. The molecule has 1 atom stereocenters. The first-order valence-electron chi connectivity index (χ1n) is 5.13. The molecule has 1 aromatic rings. The van der Waals surface area contributed by atoms with Crippen LogP contribution >= 0.6 is 0 Å². The minimum atomic E-state index is -0.600. The maximum Gasteiger partial charge on any atom is 0.170 e. The number of aromatic nitrogens is 3. The lowest BCUT2D eigenvalue weighted by atomic mass is 9.94. The van der Waals surface area contributed by atoms with Gasteiger partial charge in [-0.1, -0.05) is 5.21 Å². The molecule has 2 rings (SSSR count). The summed E-state index contributed by atoms with van der Waals surface area (Å²) >= 11 is 0. The Morgan fingerprint density at radius 3 is 3.07 bits per heavy atom. The van der Waals surface area contributed by atoms with Crippen LogP contribution in [0.2, 0.25) is 0 Å². The molecule has 2 heterocycles. The Kier molecular flexibility index (Phi) is 2.56. The van der Waals surface area contributed by atoms with Gasteiger partial charge in [0.05, 0.1) is 12.1 Å². The molecular weight excluding hydrogens is 194 g/mol. The predicted octanol–water partition coefficient (Wildman–Crippen LogP) is 0.496. The first-order chi connectivity index (χ1) is 7.10. The molecule has 1 aliphatic heterocycles. The molecule has 0 spiro atoms. The average molecular weight is 209 g/mol. The fraction of sp³-hybridized carbons (Fsp3) is 0.700. The second-order valence-electron chi connectivity index (χ2n) is 4.17. The number of carbonyl (C=O) groups is 1. The Morgan fingerprint density at radius 1 is 1.73 bits per heavy atom. The molecule has 1 unspecified atom stereocenters.